The molecule has 1 rings (SSSR count). The Morgan fingerprint density at radius 3 is 3.17 bits per heavy atom. The van der Waals surface area contributed by atoms with Crippen molar-refractivity contribution in [2.45, 2.75) is 19.8 Å². The maximum absolute atomic E-state index is 11.1. The number of hydrogen-bond acceptors (Lipinski definition) is 5. The van der Waals surface area contributed by atoms with E-state index in [4.69, 9.17) is 4.74 Å². The van der Waals surface area contributed by atoms with Crippen LogP contribution in [0.1, 0.15) is 30.3 Å². The Balaban J connectivity index is 2.30. The fourth-order valence-corrected chi connectivity index (χ4v) is 1.04. The summed E-state index contributed by atoms with van der Waals surface area (Å²) in [5.74, 6) is -0.378. The van der Waals surface area contributed by atoms with E-state index in [1.165, 1.54) is 6.20 Å². The number of unbranched alkanes of at least 4 members (excludes halogenated alkanes) is 1. The minimum absolute atomic E-state index is 0.302. The van der Waals surface area contributed by atoms with E-state index in [1.54, 1.807) is 0 Å². The lowest BCUT2D eigenvalue weighted by Crippen LogP contribution is -2.06. The van der Waals surface area contributed by atoms with Crippen LogP contribution < -0.4 is 0 Å². The van der Waals surface area contributed by atoms with E-state index in [9.17, 15) is 4.79 Å². The van der Waals surface area contributed by atoms with Crippen molar-refractivity contribution in [3.05, 3.63) is 11.9 Å². The second kappa shape index (κ2) is 4.82. The molecule has 0 fully saturated rings. The standard InChI is InChI=1S/C7H10N2O2S/c1-2-3-4-11-7(10)6-5-8-12-9-6/h5H,2-4H2,1H3. The van der Waals surface area contributed by atoms with Gasteiger partial charge in [0.25, 0.3) is 0 Å². The molecule has 4 nitrogen and oxygen atoms in total. The van der Waals surface area contributed by atoms with Crippen molar-refractivity contribution in [3.63, 3.8) is 0 Å². The molecule has 66 valence electrons. The second-order valence-corrected chi connectivity index (χ2v) is 2.84. The molecule has 0 unspecified atom stereocenters. The maximum atomic E-state index is 11.1. The molecule has 5 heteroatoms. The van der Waals surface area contributed by atoms with E-state index in [0.29, 0.717) is 12.3 Å². The summed E-state index contributed by atoms with van der Waals surface area (Å²) in [5.41, 5.74) is 0.302. The molecule has 0 spiro atoms. The van der Waals surface area contributed by atoms with Crippen LogP contribution in [-0.4, -0.2) is 21.3 Å². The molecular weight excluding hydrogens is 176 g/mol. The quantitative estimate of drug-likeness (QED) is 0.528. The molecular formula is C7H10N2O2S. The highest BCUT2D eigenvalue weighted by molar-refractivity contribution is 6.99. The Morgan fingerprint density at radius 2 is 2.58 bits per heavy atom. The van der Waals surface area contributed by atoms with Gasteiger partial charge in [0.2, 0.25) is 0 Å². The summed E-state index contributed by atoms with van der Waals surface area (Å²) in [4.78, 5) is 11.1. The average Bonchev–Trinajstić information content (AvgIpc) is 2.56. The number of carbonyl (C=O) groups excluding carboxylic acids is 1. The number of ether oxygens (including phenoxy) is 1. The molecule has 1 heterocycles. The van der Waals surface area contributed by atoms with E-state index in [0.717, 1.165) is 24.6 Å². The molecule has 0 saturated heterocycles. The zero-order valence-electron chi connectivity index (χ0n) is 6.82. The van der Waals surface area contributed by atoms with Crippen molar-refractivity contribution in [3.8, 4) is 0 Å². The van der Waals surface area contributed by atoms with Gasteiger partial charge in [-0.25, -0.2) is 4.79 Å². The number of aromatic nitrogens is 2. The van der Waals surface area contributed by atoms with Crippen LogP contribution >= 0.6 is 11.7 Å². The monoisotopic (exact) mass is 186 g/mol. The molecule has 0 aromatic carbocycles. The zero-order valence-corrected chi connectivity index (χ0v) is 7.63. The van der Waals surface area contributed by atoms with Crippen LogP contribution in [-0.2, 0) is 4.74 Å². The molecule has 1 aromatic heterocycles. The number of carbonyl (C=O) groups is 1. The number of nitrogens with zero attached hydrogens (tertiary/aromatic N) is 2. The van der Waals surface area contributed by atoms with Crippen molar-refractivity contribution < 1.29 is 9.53 Å². The van der Waals surface area contributed by atoms with E-state index in [1.807, 2.05) is 6.92 Å². The highest BCUT2D eigenvalue weighted by Gasteiger charge is 2.08. The summed E-state index contributed by atoms with van der Waals surface area (Å²) < 4.78 is 12.3. The Morgan fingerprint density at radius 1 is 1.75 bits per heavy atom. The highest BCUT2D eigenvalue weighted by atomic mass is 32.1. The highest BCUT2D eigenvalue weighted by Crippen LogP contribution is 1.99. The van der Waals surface area contributed by atoms with Gasteiger partial charge in [-0.3, -0.25) is 0 Å². The van der Waals surface area contributed by atoms with Gasteiger partial charge >= 0.3 is 5.97 Å². The van der Waals surface area contributed by atoms with E-state index in [-0.39, 0.29) is 5.97 Å². The van der Waals surface area contributed by atoms with Gasteiger partial charge in [-0.2, -0.15) is 8.75 Å². The van der Waals surface area contributed by atoms with E-state index >= 15 is 0 Å². The Kier molecular flexibility index (Phi) is 3.66. The van der Waals surface area contributed by atoms with Crippen molar-refractivity contribution in [1.29, 1.82) is 0 Å². The first kappa shape index (κ1) is 9.12. The lowest BCUT2D eigenvalue weighted by Gasteiger charge is -1.99. The Bertz CT molecular complexity index is 236. The zero-order chi connectivity index (χ0) is 8.81. The van der Waals surface area contributed by atoms with Crippen LogP contribution in [0.15, 0.2) is 6.20 Å². The van der Waals surface area contributed by atoms with Crippen LogP contribution in [0.4, 0.5) is 0 Å². The van der Waals surface area contributed by atoms with Crippen LogP contribution in [0.3, 0.4) is 0 Å². The molecule has 1 aromatic rings. The normalized spacial score (nSPS) is 9.75. The third-order valence-corrected chi connectivity index (χ3v) is 1.78. The smallest absolute Gasteiger partial charge is 0.359 e. The molecule has 0 saturated carbocycles. The minimum Gasteiger partial charge on any atom is -0.461 e. The van der Waals surface area contributed by atoms with Gasteiger partial charge in [0, 0.05) is 0 Å². The average molecular weight is 186 g/mol. The summed E-state index contributed by atoms with van der Waals surface area (Å²) in [6, 6.07) is 0. The van der Waals surface area contributed by atoms with Gasteiger partial charge < -0.3 is 4.74 Å². The summed E-state index contributed by atoms with van der Waals surface area (Å²) in [5, 5.41) is 0. The summed E-state index contributed by atoms with van der Waals surface area (Å²) >= 11 is 1.01. The molecule has 0 aliphatic rings. The molecule has 0 bridgehead atoms. The van der Waals surface area contributed by atoms with Crippen LogP contribution in [0.5, 0.6) is 0 Å². The summed E-state index contributed by atoms with van der Waals surface area (Å²) in [7, 11) is 0. The summed E-state index contributed by atoms with van der Waals surface area (Å²) in [6.07, 6.45) is 3.32. The molecule has 0 amide bonds. The molecule has 0 aliphatic heterocycles. The first-order valence-corrected chi connectivity index (χ1v) is 4.52. The predicted octanol–water partition coefficient (Wildman–Crippen LogP) is 1.49. The van der Waals surface area contributed by atoms with E-state index in [2.05, 4.69) is 8.75 Å². The Hall–Kier alpha value is -0.970. The molecule has 0 N–H and O–H groups in total. The molecule has 12 heavy (non-hydrogen) atoms. The predicted molar refractivity (Wildman–Crippen MR) is 45.1 cm³/mol. The maximum Gasteiger partial charge on any atom is 0.359 e. The molecule has 0 aliphatic carbocycles. The third kappa shape index (κ3) is 2.58. The van der Waals surface area contributed by atoms with Gasteiger partial charge in [-0.05, 0) is 6.42 Å². The van der Waals surface area contributed by atoms with Crippen molar-refractivity contribution in [2.75, 3.05) is 6.61 Å². The summed E-state index contributed by atoms with van der Waals surface area (Å²) in [6.45, 7) is 2.51. The van der Waals surface area contributed by atoms with Crippen LogP contribution in [0.2, 0.25) is 0 Å². The molecule has 0 atom stereocenters. The lowest BCUT2D eigenvalue weighted by atomic mass is 10.4. The Labute approximate surface area is 74.9 Å². The topological polar surface area (TPSA) is 52.1 Å². The number of esters is 1. The first-order valence-electron chi connectivity index (χ1n) is 3.79. The fourth-order valence-electron chi connectivity index (χ4n) is 0.638. The van der Waals surface area contributed by atoms with Gasteiger partial charge in [0.1, 0.15) is 0 Å². The van der Waals surface area contributed by atoms with Crippen LogP contribution in [0.25, 0.3) is 0 Å². The van der Waals surface area contributed by atoms with E-state index < -0.39 is 0 Å². The van der Waals surface area contributed by atoms with Gasteiger partial charge in [-0.1, -0.05) is 13.3 Å². The number of hydrogen-bond donors (Lipinski definition) is 0. The van der Waals surface area contributed by atoms with Gasteiger partial charge in [0.15, 0.2) is 5.69 Å². The largest absolute Gasteiger partial charge is 0.461 e. The SMILES string of the molecule is CCCCOC(=O)c1cnsn1. The molecule has 0 radical (unpaired) electrons. The fraction of sp³-hybridized carbons (Fsp3) is 0.571. The minimum atomic E-state index is -0.378. The first-order chi connectivity index (χ1) is 5.84. The third-order valence-electron chi connectivity index (χ3n) is 1.30. The van der Waals surface area contributed by atoms with Crippen molar-refractivity contribution in [2.24, 2.45) is 0 Å². The van der Waals surface area contributed by atoms with Gasteiger partial charge in [-0.15, -0.1) is 0 Å². The second-order valence-electron chi connectivity index (χ2n) is 2.28. The van der Waals surface area contributed by atoms with Crippen molar-refractivity contribution in [1.82, 2.24) is 8.75 Å². The lowest BCUT2D eigenvalue weighted by molar-refractivity contribution is 0.0494. The van der Waals surface area contributed by atoms with Crippen LogP contribution in [0, 0.1) is 0 Å². The van der Waals surface area contributed by atoms with Gasteiger partial charge in [0.05, 0.1) is 24.5 Å². The van der Waals surface area contributed by atoms with Crippen molar-refractivity contribution >= 4 is 17.7 Å². The number of rotatable bonds is 4.